The van der Waals surface area contributed by atoms with Gasteiger partial charge in [0.2, 0.25) is 0 Å². The maximum Gasteiger partial charge on any atom is 0.123 e. The number of hydrogen-bond acceptors (Lipinski definition) is 3. The molecule has 0 aliphatic carbocycles. The molecule has 0 fully saturated rings. The van der Waals surface area contributed by atoms with Crippen molar-refractivity contribution >= 4 is 15.9 Å². The molecule has 2 aromatic rings. The van der Waals surface area contributed by atoms with Crippen LogP contribution in [0.4, 0.5) is 0 Å². The highest BCUT2D eigenvalue weighted by Crippen LogP contribution is 2.23. The zero-order valence-electron chi connectivity index (χ0n) is 11.9. The van der Waals surface area contributed by atoms with Gasteiger partial charge in [-0.1, -0.05) is 22.9 Å². The summed E-state index contributed by atoms with van der Waals surface area (Å²) < 4.78 is 8.87. The Morgan fingerprint density at radius 2 is 2.20 bits per heavy atom. The quantitative estimate of drug-likeness (QED) is 0.844. The van der Waals surface area contributed by atoms with Crippen molar-refractivity contribution in [1.82, 2.24) is 15.1 Å². The first-order valence-electron chi connectivity index (χ1n) is 6.79. The van der Waals surface area contributed by atoms with Gasteiger partial charge in [0, 0.05) is 41.9 Å². The zero-order valence-corrected chi connectivity index (χ0v) is 13.5. The molecule has 2 rings (SSSR count). The number of aryl methyl sites for hydroxylation is 1. The molecule has 4 nitrogen and oxygen atoms in total. The van der Waals surface area contributed by atoms with Gasteiger partial charge in [-0.2, -0.15) is 5.10 Å². The normalized spacial score (nSPS) is 10.8. The fourth-order valence-electron chi connectivity index (χ4n) is 2.00. The van der Waals surface area contributed by atoms with E-state index < -0.39 is 0 Å². The van der Waals surface area contributed by atoms with Crippen LogP contribution < -0.4 is 10.1 Å². The first-order valence-corrected chi connectivity index (χ1v) is 7.59. The maximum absolute atomic E-state index is 5.92. The molecule has 0 bridgehead atoms. The highest BCUT2D eigenvalue weighted by atomic mass is 79.9. The van der Waals surface area contributed by atoms with Gasteiger partial charge in [-0.25, -0.2) is 0 Å². The summed E-state index contributed by atoms with van der Waals surface area (Å²) in [4.78, 5) is 0. The van der Waals surface area contributed by atoms with E-state index in [-0.39, 0.29) is 0 Å². The minimum atomic E-state index is 0.653. The van der Waals surface area contributed by atoms with E-state index in [1.54, 1.807) is 0 Å². The minimum absolute atomic E-state index is 0.653. The summed E-state index contributed by atoms with van der Waals surface area (Å²) in [6.45, 7) is 4.51. The molecule has 1 aromatic heterocycles. The zero-order chi connectivity index (χ0) is 14.4. The van der Waals surface area contributed by atoms with Crippen molar-refractivity contribution in [2.45, 2.75) is 19.9 Å². The summed E-state index contributed by atoms with van der Waals surface area (Å²) in [6.07, 6.45) is 2.67. The molecule has 0 unspecified atom stereocenters. The number of rotatable bonds is 7. The van der Waals surface area contributed by atoms with E-state index >= 15 is 0 Å². The number of nitrogens with one attached hydrogen (secondary N) is 1. The third-order valence-electron chi connectivity index (χ3n) is 3.13. The number of aromatic nitrogens is 2. The van der Waals surface area contributed by atoms with Crippen LogP contribution in [0.15, 0.2) is 34.9 Å². The molecular weight excluding hydrogens is 318 g/mol. The van der Waals surface area contributed by atoms with Crippen LogP contribution in [0.5, 0.6) is 5.75 Å². The molecule has 1 heterocycles. The predicted octanol–water partition coefficient (Wildman–Crippen LogP) is 2.91. The fraction of sp³-hybridized carbons (Fsp3) is 0.400. The first kappa shape index (κ1) is 15.1. The van der Waals surface area contributed by atoms with Crippen molar-refractivity contribution in [2.75, 3.05) is 13.2 Å². The molecule has 1 aromatic carbocycles. The number of benzene rings is 1. The van der Waals surface area contributed by atoms with E-state index in [4.69, 9.17) is 4.74 Å². The summed E-state index contributed by atoms with van der Waals surface area (Å²) in [5, 5.41) is 7.49. The average Bonchev–Trinajstić information content (AvgIpc) is 2.84. The Morgan fingerprint density at radius 3 is 2.90 bits per heavy atom. The fourth-order valence-corrected chi connectivity index (χ4v) is 2.41. The largest absolute Gasteiger partial charge is 0.493 e. The van der Waals surface area contributed by atoms with E-state index in [0.717, 1.165) is 29.7 Å². The lowest BCUT2D eigenvalue weighted by Gasteiger charge is -2.12. The second-order valence-electron chi connectivity index (χ2n) is 4.58. The van der Waals surface area contributed by atoms with E-state index in [0.29, 0.717) is 6.61 Å². The molecule has 0 radical (unpaired) electrons. The average molecular weight is 338 g/mol. The van der Waals surface area contributed by atoms with Crippen LogP contribution in [0.3, 0.4) is 0 Å². The minimum Gasteiger partial charge on any atom is -0.493 e. The van der Waals surface area contributed by atoms with Gasteiger partial charge in [0.1, 0.15) is 5.75 Å². The van der Waals surface area contributed by atoms with Crippen LogP contribution in [0.25, 0.3) is 0 Å². The topological polar surface area (TPSA) is 39.1 Å². The van der Waals surface area contributed by atoms with Crippen molar-refractivity contribution in [1.29, 1.82) is 0 Å². The van der Waals surface area contributed by atoms with E-state index in [1.165, 1.54) is 11.3 Å². The molecule has 0 saturated carbocycles. The van der Waals surface area contributed by atoms with Gasteiger partial charge in [0.15, 0.2) is 0 Å². The van der Waals surface area contributed by atoms with Gasteiger partial charge in [-0.05, 0) is 30.8 Å². The molecule has 20 heavy (non-hydrogen) atoms. The van der Waals surface area contributed by atoms with Gasteiger partial charge < -0.3 is 10.1 Å². The molecule has 0 aliphatic heterocycles. The lowest BCUT2D eigenvalue weighted by atomic mass is 10.2. The lowest BCUT2D eigenvalue weighted by Crippen LogP contribution is -2.13. The molecule has 108 valence electrons. The van der Waals surface area contributed by atoms with E-state index in [2.05, 4.69) is 39.3 Å². The molecular formula is C15H20BrN3O. The summed E-state index contributed by atoms with van der Waals surface area (Å²) >= 11 is 3.50. The second-order valence-corrected chi connectivity index (χ2v) is 5.49. The monoisotopic (exact) mass is 337 g/mol. The van der Waals surface area contributed by atoms with Crippen LogP contribution >= 0.6 is 15.9 Å². The van der Waals surface area contributed by atoms with Crippen LogP contribution in [0.1, 0.15) is 18.2 Å². The predicted molar refractivity (Wildman–Crippen MR) is 83.9 cm³/mol. The Bertz CT molecular complexity index is 554. The molecule has 0 amide bonds. The summed E-state index contributed by atoms with van der Waals surface area (Å²) in [5.74, 6) is 0.941. The second kappa shape index (κ2) is 7.45. The van der Waals surface area contributed by atoms with Crippen LogP contribution in [-0.4, -0.2) is 22.9 Å². The molecule has 0 atom stereocenters. The SMILES string of the molecule is CCNCc1cc(Br)ccc1OCCc1ccnn1C. The van der Waals surface area contributed by atoms with Crippen molar-refractivity contribution in [3.8, 4) is 5.75 Å². The van der Waals surface area contributed by atoms with Gasteiger partial charge in [-0.15, -0.1) is 0 Å². The van der Waals surface area contributed by atoms with Gasteiger partial charge in [0.05, 0.1) is 6.61 Å². The van der Waals surface area contributed by atoms with Gasteiger partial charge >= 0.3 is 0 Å². The highest BCUT2D eigenvalue weighted by molar-refractivity contribution is 9.10. The standard InChI is InChI=1S/C15H20BrN3O/c1-3-17-11-12-10-13(16)4-5-15(12)20-9-7-14-6-8-18-19(14)2/h4-6,8,10,17H,3,7,9,11H2,1-2H3. The van der Waals surface area contributed by atoms with Crippen molar-refractivity contribution in [3.05, 3.63) is 46.2 Å². The van der Waals surface area contributed by atoms with E-state index in [1.807, 2.05) is 36.1 Å². The number of ether oxygens (including phenoxy) is 1. The van der Waals surface area contributed by atoms with Crippen molar-refractivity contribution in [2.24, 2.45) is 7.05 Å². The Morgan fingerprint density at radius 1 is 1.35 bits per heavy atom. The summed E-state index contributed by atoms with van der Waals surface area (Å²) in [7, 11) is 1.95. The highest BCUT2D eigenvalue weighted by Gasteiger charge is 2.05. The maximum atomic E-state index is 5.92. The molecule has 5 heteroatoms. The van der Waals surface area contributed by atoms with Gasteiger partial charge in [0.25, 0.3) is 0 Å². The molecule has 0 saturated heterocycles. The van der Waals surface area contributed by atoms with Crippen LogP contribution in [0.2, 0.25) is 0 Å². The number of halogens is 1. The van der Waals surface area contributed by atoms with Crippen molar-refractivity contribution in [3.63, 3.8) is 0 Å². The number of hydrogen-bond donors (Lipinski definition) is 1. The van der Waals surface area contributed by atoms with Crippen LogP contribution in [-0.2, 0) is 20.0 Å². The lowest BCUT2D eigenvalue weighted by molar-refractivity contribution is 0.314. The van der Waals surface area contributed by atoms with Gasteiger partial charge in [-0.3, -0.25) is 4.68 Å². The number of nitrogens with zero attached hydrogens (tertiary/aromatic N) is 2. The molecule has 1 N–H and O–H groups in total. The Balaban J connectivity index is 1.96. The summed E-state index contributed by atoms with van der Waals surface area (Å²) in [5.41, 5.74) is 2.35. The third-order valence-corrected chi connectivity index (χ3v) is 3.62. The Hall–Kier alpha value is -1.33. The van der Waals surface area contributed by atoms with E-state index in [9.17, 15) is 0 Å². The molecule has 0 aliphatic rings. The molecule has 0 spiro atoms. The Kier molecular flexibility index (Phi) is 5.61. The smallest absolute Gasteiger partial charge is 0.123 e. The summed E-state index contributed by atoms with van der Waals surface area (Å²) in [6, 6.07) is 8.14. The third kappa shape index (κ3) is 4.08. The first-order chi connectivity index (χ1) is 9.70. The Labute approximate surface area is 128 Å². The van der Waals surface area contributed by atoms with Crippen LogP contribution in [0, 0.1) is 0 Å². The van der Waals surface area contributed by atoms with Crippen molar-refractivity contribution < 1.29 is 4.74 Å².